The van der Waals surface area contributed by atoms with Gasteiger partial charge in [0, 0.05) is 0 Å². The molecule has 0 N–H and O–H groups in total. The summed E-state index contributed by atoms with van der Waals surface area (Å²) in [5.41, 5.74) is 4.58. The third kappa shape index (κ3) is 5.68. The molecule has 0 aliphatic heterocycles. The standard InChI is InChI=1S/C23H24F4O/c1-16-2-8-19(9-3-16)20-10-4-18(5-11-20)15-28-21-12-6-17(7-13-21)14-22(24)23(25,26)27/h2-5,8-11,14,17,21H,6-7,12-13,15H2,1H3. The fourth-order valence-corrected chi connectivity index (χ4v) is 3.48. The number of hydrogen-bond donors (Lipinski definition) is 0. The van der Waals surface area contributed by atoms with Crippen molar-refractivity contribution in [3.63, 3.8) is 0 Å². The molecule has 28 heavy (non-hydrogen) atoms. The number of ether oxygens (including phenoxy) is 1. The van der Waals surface area contributed by atoms with E-state index in [1.807, 2.05) is 12.1 Å². The second kappa shape index (κ2) is 8.91. The van der Waals surface area contributed by atoms with E-state index in [1.165, 1.54) is 5.56 Å². The summed E-state index contributed by atoms with van der Waals surface area (Å²) in [6.07, 6.45) is -1.82. The van der Waals surface area contributed by atoms with Crippen molar-refractivity contribution in [1.29, 1.82) is 0 Å². The summed E-state index contributed by atoms with van der Waals surface area (Å²) in [6.45, 7) is 2.52. The van der Waals surface area contributed by atoms with Gasteiger partial charge >= 0.3 is 6.18 Å². The molecule has 2 aromatic rings. The maximum atomic E-state index is 13.0. The molecule has 0 bridgehead atoms. The molecule has 0 unspecified atom stereocenters. The quantitative estimate of drug-likeness (QED) is 0.491. The maximum absolute atomic E-state index is 13.0. The first-order valence-electron chi connectivity index (χ1n) is 9.53. The van der Waals surface area contributed by atoms with E-state index in [4.69, 9.17) is 4.74 Å². The van der Waals surface area contributed by atoms with Gasteiger partial charge in [0.05, 0.1) is 12.7 Å². The van der Waals surface area contributed by atoms with E-state index in [0.717, 1.165) is 22.8 Å². The number of rotatable bonds is 5. The molecular formula is C23H24F4O. The van der Waals surface area contributed by atoms with Crippen LogP contribution in [0, 0.1) is 12.8 Å². The normalized spacial score (nSPS) is 21.0. The van der Waals surface area contributed by atoms with Crippen LogP contribution < -0.4 is 0 Å². The number of hydrogen-bond acceptors (Lipinski definition) is 1. The third-order valence-electron chi connectivity index (χ3n) is 5.20. The number of allylic oxidation sites excluding steroid dienone is 2. The van der Waals surface area contributed by atoms with Crippen LogP contribution in [-0.2, 0) is 11.3 Å². The number of alkyl halides is 3. The van der Waals surface area contributed by atoms with Crippen molar-refractivity contribution in [3.05, 3.63) is 71.6 Å². The monoisotopic (exact) mass is 392 g/mol. The molecule has 2 aromatic carbocycles. The molecule has 0 saturated heterocycles. The zero-order valence-electron chi connectivity index (χ0n) is 15.8. The van der Waals surface area contributed by atoms with E-state index in [-0.39, 0.29) is 12.0 Å². The molecule has 1 saturated carbocycles. The lowest BCUT2D eigenvalue weighted by atomic mass is 9.87. The summed E-state index contributed by atoms with van der Waals surface area (Å²) in [7, 11) is 0. The van der Waals surface area contributed by atoms with Gasteiger partial charge in [-0.05, 0) is 61.3 Å². The Hall–Kier alpha value is -2.14. The molecule has 0 amide bonds. The highest BCUT2D eigenvalue weighted by Gasteiger charge is 2.35. The van der Waals surface area contributed by atoms with Crippen LogP contribution in [-0.4, -0.2) is 12.3 Å². The summed E-state index contributed by atoms with van der Waals surface area (Å²) < 4.78 is 55.8. The Morgan fingerprint density at radius 3 is 2.00 bits per heavy atom. The van der Waals surface area contributed by atoms with Crippen molar-refractivity contribution in [2.24, 2.45) is 5.92 Å². The smallest absolute Gasteiger partial charge is 0.374 e. The van der Waals surface area contributed by atoms with Crippen LogP contribution in [0.3, 0.4) is 0 Å². The SMILES string of the molecule is Cc1ccc(-c2ccc(COC3CCC(C=C(F)C(F)(F)F)CC3)cc2)cc1. The van der Waals surface area contributed by atoms with Crippen LogP contribution in [0.4, 0.5) is 17.6 Å². The van der Waals surface area contributed by atoms with Crippen LogP contribution in [0.5, 0.6) is 0 Å². The first-order valence-corrected chi connectivity index (χ1v) is 9.53. The minimum absolute atomic E-state index is 0.00960. The lowest BCUT2D eigenvalue weighted by Crippen LogP contribution is -2.21. The summed E-state index contributed by atoms with van der Waals surface area (Å²) in [4.78, 5) is 0. The number of halogens is 4. The highest BCUT2D eigenvalue weighted by atomic mass is 19.4. The van der Waals surface area contributed by atoms with Gasteiger partial charge in [-0.1, -0.05) is 54.1 Å². The Bertz CT molecular complexity index is 783. The Kier molecular flexibility index (Phi) is 6.55. The molecule has 3 rings (SSSR count). The van der Waals surface area contributed by atoms with Gasteiger partial charge in [0.25, 0.3) is 0 Å². The van der Waals surface area contributed by atoms with E-state index >= 15 is 0 Å². The van der Waals surface area contributed by atoms with Crippen molar-refractivity contribution >= 4 is 0 Å². The Balaban J connectivity index is 1.47. The fraction of sp³-hybridized carbons (Fsp3) is 0.391. The van der Waals surface area contributed by atoms with Gasteiger partial charge in [0.1, 0.15) is 0 Å². The first-order chi connectivity index (χ1) is 13.3. The van der Waals surface area contributed by atoms with Gasteiger partial charge < -0.3 is 4.74 Å². The highest BCUT2D eigenvalue weighted by Crippen LogP contribution is 2.33. The van der Waals surface area contributed by atoms with Gasteiger partial charge in [-0.15, -0.1) is 0 Å². The molecule has 5 heteroatoms. The molecule has 1 aliphatic rings. The molecule has 1 aliphatic carbocycles. The van der Waals surface area contributed by atoms with Crippen molar-refractivity contribution in [2.75, 3.05) is 0 Å². The molecule has 1 fully saturated rings. The summed E-state index contributed by atoms with van der Waals surface area (Å²) in [5.74, 6) is -2.35. The van der Waals surface area contributed by atoms with Crippen LogP contribution >= 0.6 is 0 Å². The van der Waals surface area contributed by atoms with E-state index < -0.39 is 12.0 Å². The van der Waals surface area contributed by atoms with Gasteiger partial charge in [-0.3, -0.25) is 0 Å². The summed E-state index contributed by atoms with van der Waals surface area (Å²) >= 11 is 0. The van der Waals surface area contributed by atoms with Crippen LogP contribution in [0.15, 0.2) is 60.4 Å². The van der Waals surface area contributed by atoms with Gasteiger partial charge in [-0.25, -0.2) is 4.39 Å². The fourth-order valence-electron chi connectivity index (χ4n) is 3.48. The second-order valence-corrected chi connectivity index (χ2v) is 7.42. The molecule has 0 aromatic heterocycles. The predicted octanol–water partition coefficient (Wildman–Crippen LogP) is 7.15. The average Bonchev–Trinajstić information content (AvgIpc) is 2.68. The van der Waals surface area contributed by atoms with Gasteiger partial charge in [0.15, 0.2) is 5.83 Å². The van der Waals surface area contributed by atoms with E-state index in [0.29, 0.717) is 32.3 Å². The lowest BCUT2D eigenvalue weighted by molar-refractivity contribution is -0.109. The van der Waals surface area contributed by atoms with Crippen molar-refractivity contribution in [3.8, 4) is 11.1 Å². The Morgan fingerprint density at radius 2 is 1.46 bits per heavy atom. The molecule has 1 nitrogen and oxygen atoms in total. The number of aryl methyl sites for hydroxylation is 1. The third-order valence-corrected chi connectivity index (χ3v) is 5.20. The Labute approximate surface area is 163 Å². The van der Waals surface area contributed by atoms with Crippen molar-refractivity contribution < 1.29 is 22.3 Å². The van der Waals surface area contributed by atoms with Crippen molar-refractivity contribution in [1.82, 2.24) is 0 Å². The van der Waals surface area contributed by atoms with Crippen LogP contribution in [0.1, 0.15) is 36.8 Å². The van der Waals surface area contributed by atoms with E-state index in [1.54, 1.807) is 0 Å². The number of benzene rings is 2. The molecule has 0 radical (unpaired) electrons. The molecule has 0 heterocycles. The zero-order valence-corrected chi connectivity index (χ0v) is 15.8. The van der Waals surface area contributed by atoms with E-state index in [2.05, 4.69) is 43.3 Å². The first kappa shape index (κ1) is 20.6. The molecule has 0 atom stereocenters. The highest BCUT2D eigenvalue weighted by molar-refractivity contribution is 5.63. The minimum Gasteiger partial charge on any atom is -0.374 e. The largest absolute Gasteiger partial charge is 0.442 e. The summed E-state index contributed by atoms with van der Waals surface area (Å²) in [5, 5.41) is 0. The summed E-state index contributed by atoms with van der Waals surface area (Å²) in [6, 6.07) is 16.5. The predicted molar refractivity (Wildman–Crippen MR) is 102 cm³/mol. The van der Waals surface area contributed by atoms with Crippen LogP contribution in [0.25, 0.3) is 11.1 Å². The Morgan fingerprint density at radius 1 is 0.929 bits per heavy atom. The molecule has 0 spiro atoms. The van der Waals surface area contributed by atoms with Gasteiger partial charge in [0.2, 0.25) is 0 Å². The minimum atomic E-state index is -4.88. The van der Waals surface area contributed by atoms with Gasteiger partial charge in [-0.2, -0.15) is 13.2 Å². The maximum Gasteiger partial charge on any atom is 0.442 e. The zero-order chi connectivity index (χ0) is 20.1. The second-order valence-electron chi connectivity index (χ2n) is 7.42. The lowest BCUT2D eigenvalue weighted by Gasteiger charge is -2.27. The molecular weight excluding hydrogens is 368 g/mol. The molecule has 150 valence electrons. The van der Waals surface area contributed by atoms with Crippen molar-refractivity contribution in [2.45, 2.75) is 51.5 Å². The average molecular weight is 392 g/mol. The van der Waals surface area contributed by atoms with E-state index in [9.17, 15) is 17.6 Å². The topological polar surface area (TPSA) is 9.23 Å². The van der Waals surface area contributed by atoms with Crippen LogP contribution in [0.2, 0.25) is 0 Å².